The summed E-state index contributed by atoms with van der Waals surface area (Å²) in [5.41, 5.74) is 3.06. The van der Waals surface area contributed by atoms with E-state index in [1.54, 1.807) is 6.92 Å². The van der Waals surface area contributed by atoms with Crippen molar-refractivity contribution in [2.75, 3.05) is 0 Å². The van der Waals surface area contributed by atoms with E-state index in [2.05, 4.69) is 18.8 Å². The average Bonchev–Trinajstić information content (AvgIpc) is 2.59. The first-order chi connectivity index (χ1) is 7.56. The summed E-state index contributed by atoms with van der Waals surface area (Å²) in [6.45, 7) is 5.86. The van der Waals surface area contributed by atoms with Crippen LogP contribution in [0.5, 0.6) is 0 Å². The van der Waals surface area contributed by atoms with Crippen LogP contribution < -0.4 is 0 Å². The van der Waals surface area contributed by atoms with E-state index in [4.69, 9.17) is 0 Å². The minimum absolute atomic E-state index is 0.184. The van der Waals surface area contributed by atoms with E-state index in [-0.39, 0.29) is 5.78 Å². The Hall–Kier alpha value is -1.64. The van der Waals surface area contributed by atoms with E-state index < -0.39 is 0 Å². The van der Waals surface area contributed by atoms with Gasteiger partial charge in [0.15, 0.2) is 0 Å². The fourth-order valence-corrected chi connectivity index (χ4v) is 1.73. The quantitative estimate of drug-likeness (QED) is 0.790. The molecule has 0 N–H and O–H groups in total. The first-order valence-corrected chi connectivity index (χ1v) is 5.53. The molecule has 2 aromatic heterocycles. The van der Waals surface area contributed by atoms with Gasteiger partial charge in [0.2, 0.25) is 0 Å². The second-order valence-corrected chi connectivity index (χ2v) is 4.50. The molecule has 0 aromatic carbocycles. The fourth-order valence-electron chi connectivity index (χ4n) is 1.73. The third-order valence-corrected chi connectivity index (χ3v) is 2.58. The zero-order chi connectivity index (χ0) is 11.7. The van der Waals surface area contributed by atoms with E-state index in [0.717, 1.165) is 16.9 Å². The van der Waals surface area contributed by atoms with Crippen molar-refractivity contribution in [1.82, 2.24) is 9.38 Å². The first kappa shape index (κ1) is 10.9. The highest BCUT2D eigenvalue weighted by atomic mass is 16.1. The molecule has 0 amide bonds. The highest BCUT2D eigenvalue weighted by molar-refractivity contribution is 5.78. The minimum Gasteiger partial charge on any atom is -0.307 e. The number of imidazole rings is 1. The van der Waals surface area contributed by atoms with Gasteiger partial charge in [-0.3, -0.25) is 4.79 Å². The molecule has 0 atom stereocenters. The minimum atomic E-state index is 0.184. The van der Waals surface area contributed by atoms with Crippen LogP contribution in [0.15, 0.2) is 24.5 Å². The van der Waals surface area contributed by atoms with Crippen LogP contribution in [0.1, 0.15) is 37.9 Å². The van der Waals surface area contributed by atoms with E-state index in [9.17, 15) is 4.79 Å². The fraction of sp³-hybridized carbons (Fsp3) is 0.385. The number of Topliss-reactive ketones (excluding diaryl/α,β-unsaturated/α-hetero) is 1. The second kappa shape index (κ2) is 4.08. The van der Waals surface area contributed by atoms with Crippen molar-refractivity contribution in [2.24, 2.45) is 0 Å². The van der Waals surface area contributed by atoms with Gasteiger partial charge in [-0.05, 0) is 24.5 Å². The van der Waals surface area contributed by atoms with E-state index in [1.165, 1.54) is 0 Å². The smallest absolute Gasteiger partial charge is 0.136 e. The Bertz CT molecular complexity index is 526. The van der Waals surface area contributed by atoms with Gasteiger partial charge in [-0.2, -0.15) is 0 Å². The molecule has 0 bridgehead atoms. The molecule has 0 saturated carbocycles. The normalized spacial score (nSPS) is 11.2. The monoisotopic (exact) mass is 216 g/mol. The van der Waals surface area contributed by atoms with Crippen LogP contribution in [-0.2, 0) is 11.2 Å². The Morgan fingerprint density at radius 1 is 1.38 bits per heavy atom. The summed E-state index contributed by atoms with van der Waals surface area (Å²) in [5.74, 6) is 0.611. The van der Waals surface area contributed by atoms with Crippen molar-refractivity contribution in [3.05, 3.63) is 35.8 Å². The zero-order valence-electron chi connectivity index (χ0n) is 9.90. The van der Waals surface area contributed by atoms with Crippen LogP contribution in [0.3, 0.4) is 0 Å². The number of ketones is 1. The molecule has 84 valence electrons. The predicted octanol–water partition coefficient (Wildman–Crippen LogP) is 2.59. The van der Waals surface area contributed by atoms with Crippen LogP contribution in [0.4, 0.5) is 0 Å². The van der Waals surface area contributed by atoms with Gasteiger partial charge in [0.05, 0.1) is 5.69 Å². The standard InChI is InChI=1S/C13H16N2O/c1-9(2)12-8-15-7-11(6-10(3)16)4-5-13(15)14-12/h4-5,7-9H,6H2,1-3H3. The molecular formula is C13H16N2O. The second-order valence-electron chi connectivity index (χ2n) is 4.50. The molecule has 2 rings (SSSR count). The average molecular weight is 216 g/mol. The van der Waals surface area contributed by atoms with Crippen LogP contribution in [0, 0.1) is 0 Å². The number of pyridine rings is 1. The van der Waals surface area contributed by atoms with Crippen molar-refractivity contribution >= 4 is 11.4 Å². The molecule has 0 spiro atoms. The van der Waals surface area contributed by atoms with E-state index >= 15 is 0 Å². The van der Waals surface area contributed by atoms with Crippen molar-refractivity contribution in [1.29, 1.82) is 0 Å². The van der Waals surface area contributed by atoms with Crippen molar-refractivity contribution < 1.29 is 4.79 Å². The molecule has 0 radical (unpaired) electrons. The Balaban J connectivity index is 2.41. The summed E-state index contributed by atoms with van der Waals surface area (Å²) in [6.07, 6.45) is 4.50. The molecule has 0 aliphatic carbocycles. The van der Waals surface area contributed by atoms with Crippen molar-refractivity contribution in [3.63, 3.8) is 0 Å². The van der Waals surface area contributed by atoms with Crippen molar-refractivity contribution in [2.45, 2.75) is 33.1 Å². The Labute approximate surface area is 95.1 Å². The van der Waals surface area contributed by atoms with Gasteiger partial charge >= 0.3 is 0 Å². The third kappa shape index (κ3) is 2.13. The molecule has 3 heteroatoms. The lowest BCUT2D eigenvalue weighted by Crippen LogP contribution is -1.97. The zero-order valence-corrected chi connectivity index (χ0v) is 9.90. The highest BCUT2D eigenvalue weighted by Gasteiger charge is 2.06. The van der Waals surface area contributed by atoms with Gasteiger partial charge in [0.1, 0.15) is 11.4 Å². The molecule has 3 nitrogen and oxygen atoms in total. The Morgan fingerprint density at radius 3 is 2.75 bits per heavy atom. The summed E-state index contributed by atoms with van der Waals surface area (Å²) >= 11 is 0. The summed E-state index contributed by atoms with van der Waals surface area (Å²) in [7, 11) is 0. The van der Waals surface area contributed by atoms with Crippen molar-refractivity contribution in [3.8, 4) is 0 Å². The largest absolute Gasteiger partial charge is 0.307 e. The number of hydrogen-bond donors (Lipinski definition) is 0. The lowest BCUT2D eigenvalue weighted by Gasteiger charge is -1.98. The first-order valence-electron chi connectivity index (χ1n) is 5.53. The number of carbonyl (C=O) groups excluding carboxylic acids is 1. The SMILES string of the molecule is CC(=O)Cc1ccc2nc(C(C)C)cn2c1. The highest BCUT2D eigenvalue weighted by Crippen LogP contribution is 2.15. The van der Waals surface area contributed by atoms with Gasteiger partial charge < -0.3 is 4.40 Å². The number of hydrogen-bond acceptors (Lipinski definition) is 2. The van der Waals surface area contributed by atoms with Gasteiger partial charge in [0, 0.05) is 18.8 Å². The van der Waals surface area contributed by atoms with E-state index in [0.29, 0.717) is 12.3 Å². The molecule has 0 aliphatic heterocycles. The van der Waals surface area contributed by atoms with Crippen LogP contribution >= 0.6 is 0 Å². The van der Waals surface area contributed by atoms with Crippen LogP contribution in [-0.4, -0.2) is 15.2 Å². The molecular weight excluding hydrogens is 200 g/mol. The molecule has 2 heterocycles. The summed E-state index contributed by atoms with van der Waals surface area (Å²) in [5, 5.41) is 0. The van der Waals surface area contributed by atoms with Gasteiger partial charge in [0.25, 0.3) is 0 Å². The maximum absolute atomic E-state index is 11.0. The summed E-state index contributed by atoms with van der Waals surface area (Å²) < 4.78 is 1.99. The third-order valence-electron chi connectivity index (χ3n) is 2.58. The predicted molar refractivity (Wildman–Crippen MR) is 63.7 cm³/mol. The maximum atomic E-state index is 11.0. The van der Waals surface area contributed by atoms with E-state index in [1.807, 2.05) is 28.9 Å². The Kier molecular flexibility index (Phi) is 2.77. The van der Waals surface area contributed by atoms with Gasteiger partial charge in [-0.1, -0.05) is 19.9 Å². The molecule has 0 unspecified atom stereocenters. The summed E-state index contributed by atoms with van der Waals surface area (Å²) in [6, 6.07) is 3.93. The number of rotatable bonds is 3. The number of fused-ring (bicyclic) bond motifs is 1. The Morgan fingerprint density at radius 2 is 2.12 bits per heavy atom. The lowest BCUT2D eigenvalue weighted by molar-refractivity contribution is -0.116. The number of aromatic nitrogens is 2. The van der Waals surface area contributed by atoms with Gasteiger partial charge in [-0.25, -0.2) is 4.98 Å². The molecule has 2 aromatic rings. The van der Waals surface area contributed by atoms with Crippen LogP contribution in [0.2, 0.25) is 0 Å². The molecule has 0 saturated heterocycles. The van der Waals surface area contributed by atoms with Gasteiger partial charge in [-0.15, -0.1) is 0 Å². The lowest BCUT2D eigenvalue weighted by atomic mass is 10.1. The topological polar surface area (TPSA) is 34.4 Å². The summed E-state index contributed by atoms with van der Waals surface area (Å²) in [4.78, 5) is 15.5. The molecule has 0 fully saturated rings. The molecule has 0 aliphatic rings. The number of nitrogens with zero attached hydrogens (tertiary/aromatic N) is 2. The maximum Gasteiger partial charge on any atom is 0.136 e. The molecule has 16 heavy (non-hydrogen) atoms. The number of carbonyl (C=O) groups is 1. The van der Waals surface area contributed by atoms with Crippen LogP contribution in [0.25, 0.3) is 5.65 Å².